The molecule has 1 fully saturated rings. The van der Waals surface area contributed by atoms with Gasteiger partial charge in [-0.25, -0.2) is 0 Å². The molecule has 1 heterocycles. The second-order valence-corrected chi connectivity index (χ2v) is 3.65. The average molecular weight is 203 g/mol. The van der Waals surface area contributed by atoms with Gasteiger partial charge in [-0.05, 0) is 24.1 Å². The summed E-state index contributed by atoms with van der Waals surface area (Å²) in [5.74, 6) is -0.179. The third-order valence-electron chi connectivity index (χ3n) is 2.63. The minimum Gasteiger partial charge on any atom is -0.274 e. The van der Waals surface area contributed by atoms with Crippen LogP contribution in [0.5, 0.6) is 0 Å². The Morgan fingerprint density at radius 1 is 1.20 bits per heavy atom. The van der Waals surface area contributed by atoms with Gasteiger partial charge in [0.1, 0.15) is 0 Å². The monoisotopic (exact) mass is 203 g/mol. The Morgan fingerprint density at radius 3 is 2.47 bits per heavy atom. The second kappa shape index (κ2) is 3.85. The number of carbonyl (C=O) groups excluding carboxylic acids is 2. The molecule has 1 aliphatic rings. The fraction of sp³-hybridized carbons (Fsp3) is 0.333. The molecule has 1 aromatic rings. The second-order valence-electron chi connectivity index (χ2n) is 3.65. The van der Waals surface area contributed by atoms with Crippen LogP contribution in [0, 0.1) is 0 Å². The van der Waals surface area contributed by atoms with Crippen LogP contribution >= 0.6 is 0 Å². The molecule has 2 amide bonds. The summed E-state index contributed by atoms with van der Waals surface area (Å²) >= 11 is 0. The van der Waals surface area contributed by atoms with Gasteiger partial charge in [0, 0.05) is 12.8 Å². The predicted octanol–water partition coefficient (Wildman–Crippen LogP) is 1.90. The highest BCUT2D eigenvalue weighted by Gasteiger charge is 2.30. The third kappa shape index (κ3) is 1.77. The van der Waals surface area contributed by atoms with Crippen LogP contribution in [0.25, 0.3) is 0 Å². The Kier molecular flexibility index (Phi) is 2.54. The first-order valence-corrected chi connectivity index (χ1v) is 5.17. The molecule has 0 radical (unpaired) electrons. The Morgan fingerprint density at radius 2 is 1.87 bits per heavy atom. The number of hydrogen-bond acceptors (Lipinski definition) is 2. The molecule has 0 N–H and O–H groups in total. The van der Waals surface area contributed by atoms with E-state index in [1.165, 1.54) is 4.90 Å². The van der Waals surface area contributed by atoms with Crippen LogP contribution in [-0.4, -0.2) is 11.8 Å². The molecule has 0 unspecified atom stereocenters. The third-order valence-corrected chi connectivity index (χ3v) is 2.63. The number of amides is 2. The summed E-state index contributed by atoms with van der Waals surface area (Å²) in [4.78, 5) is 24.3. The zero-order valence-corrected chi connectivity index (χ0v) is 8.69. The van der Waals surface area contributed by atoms with Crippen LogP contribution < -0.4 is 4.90 Å². The lowest BCUT2D eigenvalue weighted by Gasteiger charge is -2.14. The molecular formula is C12H13NO2. The fourth-order valence-electron chi connectivity index (χ4n) is 1.78. The molecule has 0 atom stereocenters. The van der Waals surface area contributed by atoms with Gasteiger partial charge in [-0.3, -0.25) is 14.5 Å². The normalized spacial score (nSPS) is 16.2. The van der Waals surface area contributed by atoms with Gasteiger partial charge >= 0.3 is 0 Å². The number of aryl methyl sites for hydroxylation is 1. The van der Waals surface area contributed by atoms with E-state index in [2.05, 4.69) is 0 Å². The summed E-state index contributed by atoms with van der Waals surface area (Å²) in [6.45, 7) is 2.05. The number of benzene rings is 1. The maximum Gasteiger partial charge on any atom is 0.234 e. The first kappa shape index (κ1) is 9.90. The molecule has 2 rings (SSSR count). The van der Waals surface area contributed by atoms with Gasteiger partial charge in [-0.15, -0.1) is 0 Å². The Balaban J connectivity index is 2.36. The smallest absolute Gasteiger partial charge is 0.234 e. The largest absolute Gasteiger partial charge is 0.274 e. The Hall–Kier alpha value is -1.64. The SMILES string of the molecule is CCc1cccc(N2C(=O)CCC2=O)c1. The van der Waals surface area contributed by atoms with E-state index in [1.54, 1.807) is 6.07 Å². The summed E-state index contributed by atoms with van der Waals surface area (Å²) in [5, 5.41) is 0. The van der Waals surface area contributed by atoms with Crippen molar-refractivity contribution in [3.8, 4) is 0 Å². The minimum atomic E-state index is -0.0896. The molecule has 15 heavy (non-hydrogen) atoms. The van der Waals surface area contributed by atoms with Crippen molar-refractivity contribution in [2.45, 2.75) is 26.2 Å². The van der Waals surface area contributed by atoms with E-state index in [0.717, 1.165) is 12.0 Å². The van der Waals surface area contributed by atoms with Gasteiger partial charge in [0.15, 0.2) is 0 Å². The quantitative estimate of drug-likeness (QED) is 0.688. The molecule has 0 bridgehead atoms. The van der Waals surface area contributed by atoms with E-state index in [0.29, 0.717) is 18.5 Å². The zero-order valence-electron chi connectivity index (χ0n) is 8.69. The van der Waals surface area contributed by atoms with E-state index in [4.69, 9.17) is 0 Å². The van der Waals surface area contributed by atoms with Crippen molar-refractivity contribution in [2.75, 3.05) is 4.90 Å². The molecule has 3 nitrogen and oxygen atoms in total. The van der Waals surface area contributed by atoms with Crippen molar-refractivity contribution in [3.63, 3.8) is 0 Å². The van der Waals surface area contributed by atoms with E-state index in [1.807, 2.05) is 25.1 Å². The summed E-state index contributed by atoms with van der Waals surface area (Å²) in [7, 11) is 0. The molecule has 78 valence electrons. The molecule has 1 saturated heterocycles. The van der Waals surface area contributed by atoms with E-state index < -0.39 is 0 Å². The molecule has 3 heteroatoms. The van der Waals surface area contributed by atoms with E-state index >= 15 is 0 Å². The van der Waals surface area contributed by atoms with Gasteiger partial charge < -0.3 is 0 Å². The van der Waals surface area contributed by atoms with Gasteiger partial charge in [-0.1, -0.05) is 19.1 Å². The zero-order chi connectivity index (χ0) is 10.8. The van der Waals surface area contributed by atoms with Gasteiger partial charge in [0.2, 0.25) is 11.8 Å². The lowest BCUT2D eigenvalue weighted by atomic mass is 10.1. The number of anilines is 1. The average Bonchev–Trinajstić information content (AvgIpc) is 2.59. The number of imide groups is 1. The van der Waals surface area contributed by atoms with E-state index in [-0.39, 0.29) is 11.8 Å². The molecule has 0 saturated carbocycles. The van der Waals surface area contributed by atoms with Crippen LogP contribution in [0.1, 0.15) is 25.3 Å². The van der Waals surface area contributed by atoms with Crippen LogP contribution in [-0.2, 0) is 16.0 Å². The molecular weight excluding hydrogens is 190 g/mol. The first-order chi connectivity index (χ1) is 7.22. The highest BCUT2D eigenvalue weighted by molar-refractivity contribution is 6.19. The maximum absolute atomic E-state index is 11.5. The van der Waals surface area contributed by atoms with Crippen LogP contribution in [0.15, 0.2) is 24.3 Å². The highest BCUT2D eigenvalue weighted by atomic mass is 16.2. The van der Waals surface area contributed by atoms with Crippen molar-refractivity contribution in [1.29, 1.82) is 0 Å². The molecule has 0 aromatic heterocycles. The topological polar surface area (TPSA) is 37.4 Å². The Labute approximate surface area is 88.7 Å². The molecule has 0 spiro atoms. The maximum atomic E-state index is 11.5. The summed E-state index contributed by atoms with van der Waals surface area (Å²) in [5.41, 5.74) is 1.85. The number of rotatable bonds is 2. The van der Waals surface area contributed by atoms with Crippen molar-refractivity contribution in [1.82, 2.24) is 0 Å². The summed E-state index contributed by atoms with van der Waals surface area (Å²) in [6.07, 6.45) is 1.59. The summed E-state index contributed by atoms with van der Waals surface area (Å²) in [6, 6.07) is 7.59. The van der Waals surface area contributed by atoms with Crippen molar-refractivity contribution in [3.05, 3.63) is 29.8 Å². The van der Waals surface area contributed by atoms with Gasteiger partial charge in [-0.2, -0.15) is 0 Å². The molecule has 1 aromatic carbocycles. The van der Waals surface area contributed by atoms with Crippen LogP contribution in [0.2, 0.25) is 0 Å². The molecule has 0 aliphatic carbocycles. The standard InChI is InChI=1S/C12H13NO2/c1-2-9-4-3-5-10(8-9)13-11(14)6-7-12(13)15/h3-5,8H,2,6-7H2,1H3. The number of carbonyl (C=O) groups is 2. The van der Waals surface area contributed by atoms with Crippen LogP contribution in [0.4, 0.5) is 5.69 Å². The van der Waals surface area contributed by atoms with Gasteiger partial charge in [0.25, 0.3) is 0 Å². The van der Waals surface area contributed by atoms with Crippen molar-refractivity contribution in [2.24, 2.45) is 0 Å². The lowest BCUT2D eigenvalue weighted by Crippen LogP contribution is -2.28. The predicted molar refractivity (Wildman–Crippen MR) is 57.5 cm³/mol. The Bertz CT molecular complexity index is 396. The highest BCUT2D eigenvalue weighted by Crippen LogP contribution is 2.23. The van der Waals surface area contributed by atoms with Crippen LogP contribution in [0.3, 0.4) is 0 Å². The number of nitrogens with zero attached hydrogens (tertiary/aromatic N) is 1. The summed E-state index contributed by atoms with van der Waals surface area (Å²) < 4.78 is 0. The van der Waals surface area contributed by atoms with Gasteiger partial charge in [0.05, 0.1) is 5.69 Å². The fourth-order valence-corrected chi connectivity index (χ4v) is 1.78. The number of hydrogen-bond donors (Lipinski definition) is 0. The lowest BCUT2D eigenvalue weighted by molar-refractivity contribution is -0.121. The molecule has 1 aliphatic heterocycles. The van der Waals surface area contributed by atoms with E-state index in [9.17, 15) is 9.59 Å². The first-order valence-electron chi connectivity index (χ1n) is 5.17. The van der Waals surface area contributed by atoms with Crippen molar-refractivity contribution < 1.29 is 9.59 Å². The van der Waals surface area contributed by atoms with Crippen molar-refractivity contribution >= 4 is 17.5 Å². The minimum absolute atomic E-state index is 0.0896.